The molecule has 0 rings (SSSR count). The fourth-order valence-corrected chi connectivity index (χ4v) is 14.8. The quantitative estimate of drug-likeness (QED) is 0.156. The van der Waals surface area contributed by atoms with E-state index < -0.39 is 19.8 Å². The molecule has 2 atom stereocenters. The summed E-state index contributed by atoms with van der Waals surface area (Å²) in [4.78, 5) is 4.64. The van der Waals surface area contributed by atoms with Crippen molar-refractivity contribution < 1.29 is 4.74 Å². The summed E-state index contributed by atoms with van der Waals surface area (Å²) in [7, 11) is 0. The molecule has 0 bridgehead atoms. The molecule has 0 amide bonds. The van der Waals surface area contributed by atoms with Crippen molar-refractivity contribution in [1.82, 2.24) is 9.80 Å². The largest absolute Gasteiger partial charge is 0.345 e. The molecule has 0 spiro atoms. The van der Waals surface area contributed by atoms with Gasteiger partial charge in [-0.25, -0.2) is 0 Å². The van der Waals surface area contributed by atoms with Crippen LogP contribution in [-0.2, 0) is 4.74 Å². The summed E-state index contributed by atoms with van der Waals surface area (Å²) in [5, 5.41) is 0. The minimum atomic E-state index is -0.967. The van der Waals surface area contributed by atoms with Crippen LogP contribution in [0.3, 0.4) is 0 Å². The summed E-state index contributed by atoms with van der Waals surface area (Å²) >= 11 is -0.967. The zero-order valence-electron chi connectivity index (χ0n) is 21.2. The first-order chi connectivity index (χ1) is 13.4. The van der Waals surface area contributed by atoms with Gasteiger partial charge in [-0.15, -0.1) is 0 Å². The molecule has 2 unspecified atom stereocenters. The Morgan fingerprint density at radius 2 is 0.857 bits per heavy atom. The van der Waals surface area contributed by atoms with Crippen molar-refractivity contribution in [2.24, 2.45) is 0 Å². The molecular formula is C24H56N2OSn. The molecule has 0 N–H and O–H groups in total. The summed E-state index contributed by atoms with van der Waals surface area (Å²) in [6.07, 6.45) is 9.28. The molecule has 0 saturated heterocycles. The number of hydrogen-bond donors (Lipinski definition) is 0. The Morgan fingerprint density at radius 3 is 1.07 bits per heavy atom. The fraction of sp³-hybridized carbons (Fsp3) is 1.00. The summed E-state index contributed by atoms with van der Waals surface area (Å²) < 4.78 is 11.1. The summed E-state index contributed by atoms with van der Waals surface area (Å²) in [5.74, 6) is 0. The Kier molecular flexibility index (Phi) is 24.7. The number of nitrogens with zero attached hydrogens (tertiary/aromatic N) is 2. The van der Waals surface area contributed by atoms with Gasteiger partial charge in [0.25, 0.3) is 0 Å². The van der Waals surface area contributed by atoms with E-state index in [-0.39, 0.29) is 12.5 Å². The van der Waals surface area contributed by atoms with Crippen LogP contribution in [-0.4, -0.2) is 68.2 Å². The zero-order chi connectivity index (χ0) is 21.8. The Balaban J connectivity index is 0. The predicted molar refractivity (Wildman–Crippen MR) is 132 cm³/mol. The molecule has 0 aliphatic carbocycles. The van der Waals surface area contributed by atoms with Crippen molar-refractivity contribution in [3.8, 4) is 0 Å². The van der Waals surface area contributed by atoms with Crippen molar-refractivity contribution in [1.29, 1.82) is 0 Å². The predicted octanol–water partition coefficient (Wildman–Crippen LogP) is 6.99. The molecule has 0 radical (unpaired) electrons. The van der Waals surface area contributed by atoms with Crippen LogP contribution in [0.2, 0.25) is 13.3 Å². The normalized spacial score (nSPS) is 13.7. The van der Waals surface area contributed by atoms with Crippen LogP contribution in [0.25, 0.3) is 0 Å². The van der Waals surface area contributed by atoms with Gasteiger partial charge in [0.2, 0.25) is 0 Å². The van der Waals surface area contributed by atoms with E-state index in [0.29, 0.717) is 0 Å². The molecule has 0 aliphatic rings. The van der Waals surface area contributed by atoms with E-state index in [4.69, 9.17) is 4.74 Å². The van der Waals surface area contributed by atoms with Gasteiger partial charge in [-0.1, -0.05) is 27.7 Å². The van der Waals surface area contributed by atoms with Crippen LogP contribution in [0.15, 0.2) is 0 Å². The molecule has 0 aromatic heterocycles. The number of ether oxygens (including phenoxy) is 1. The van der Waals surface area contributed by atoms with Crippen LogP contribution < -0.4 is 0 Å². The molecule has 0 saturated carbocycles. The van der Waals surface area contributed by atoms with Crippen molar-refractivity contribution in [2.45, 2.75) is 127 Å². The second kappa shape index (κ2) is 22.4. The van der Waals surface area contributed by atoms with E-state index in [2.05, 4.69) is 72.1 Å². The van der Waals surface area contributed by atoms with Crippen molar-refractivity contribution in [3.05, 3.63) is 0 Å². The number of rotatable bonds is 17. The zero-order valence-corrected chi connectivity index (χ0v) is 24.5. The van der Waals surface area contributed by atoms with Crippen molar-refractivity contribution >= 4 is 19.8 Å². The first kappa shape index (κ1) is 30.9. The molecule has 172 valence electrons. The smallest absolute Gasteiger partial charge is 0.109 e. The average Bonchev–Trinajstić information content (AvgIpc) is 2.69. The van der Waals surface area contributed by atoms with Crippen LogP contribution in [0.1, 0.15) is 101 Å². The summed E-state index contributed by atoms with van der Waals surface area (Å²) in [5.41, 5.74) is 0. The third-order valence-electron chi connectivity index (χ3n) is 5.94. The van der Waals surface area contributed by atoms with Gasteiger partial charge < -0.3 is 4.74 Å². The second-order valence-electron chi connectivity index (χ2n) is 8.07. The Morgan fingerprint density at radius 1 is 0.571 bits per heavy atom. The Labute approximate surface area is 186 Å². The monoisotopic (exact) mass is 508 g/mol. The molecule has 0 heterocycles. The Bertz CT molecular complexity index is 261. The molecule has 0 fully saturated rings. The molecule has 0 aliphatic heterocycles. The van der Waals surface area contributed by atoms with E-state index in [1.165, 1.54) is 38.5 Å². The third-order valence-corrected chi connectivity index (χ3v) is 16.4. The van der Waals surface area contributed by atoms with Gasteiger partial charge in [-0.2, -0.15) is 0 Å². The van der Waals surface area contributed by atoms with E-state index in [1.54, 1.807) is 13.3 Å². The van der Waals surface area contributed by atoms with E-state index >= 15 is 0 Å². The first-order valence-corrected chi connectivity index (χ1v) is 19.6. The number of hydrogen-bond acceptors (Lipinski definition) is 3. The standard InChI is InChI=1S/C12H28N2O.3C4H9.Sn.H/c1-7-13(8-2)11(5)15-12(6)14(9-3)10-4;3*1-3-4-2;;/h11-12H,7-10H2,1-6H3;3*1,3-4H2,2H3;;. The van der Waals surface area contributed by atoms with E-state index in [0.717, 1.165) is 26.2 Å². The second-order valence-corrected chi connectivity index (χ2v) is 18.0. The first-order valence-electron chi connectivity index (χ1n) is 12.6. The molecule has 4 heteroatoms. The fourth-order valence-electron chi connectivity index (χ4n) is 3.84. The van der Waals surface area contributed by atoms with Gasteiger partial charge in [0.05, 0.1) is 0 Å². The van der Waals surface area contributed by atoms with Crippen molar-refractivity contribution in [3.63, 3.8) is 0 Å². The molecule has 0 aromatic carbocycles. The topological polar surface area (TPSA) is 15.7 Å². The molecular weight excluding hydrogens is 451 g/mol. The van der Waals surface area contributed by atoms with Crippen LogP contribution in [0.4, 0.5) is 0 Å². The molecule has 3 nitrogen and oxygen atoms in total. The minimum Gasteiger partial charge on any atom is -0.345 e. The summed E-state index contributed by atoms with van der Waals surface area (Å²) in [6.45, 7) is 24.1. The van der Waals surface area contributed by atoms with Gasteiger partial charge in [0.15, 0.2) is 0 Å². The molecule has 0 aromatic rings. The van der Waals surface area contributed by atoms with Gasteiger partial charge in [0, 0.05) is 0 Å². The third kappa shape index (κ3) is 16.5. The number of unbranched alkanes of at least 4 members (excludes halogenated alkanes) is 3. The molecule has 28 heavy (non-hydrogen) atoms. The van der Waals surface area contributed by atoms with Crippen molar-refractivity contribution in [2.75, 3.05) is 26.2 Å². The maximum atomic E-state index is 5.99. The van der Waals surface area contributed by atoms with Crippen LogP contribution >= 0.6 is 0 Å². The van der Waals surface area contributed by atoms with E-state index in [1.807, 2.05) is 0 Å². The van der Waals surface area contributed by atoms with Crippen LogP contribution in [0.5, 0.6) is 0 Å². The van der Waals surface area contributed by atoms with E-state index in [9.17, 15) is 0 Å². The maximum absolute atomic E-state index is 5.99. The van der Waals surface area contributed by atoms with Gasteiger partial charge in [-0.3, -0.25) is 9.80 Å². The average molecular weight is 507 g/mol. The van der Waals surface area contributed by atoms with Gasteiger partial charge >= 0.3 is 92.4 Å². The Hall–Kier alpha value is 0.679. The minimum absolute atomic E-state index is 0.204. The van der Waals surface area contributed by atoms with Gasteiger partial charge in [0.1, 0.15) is 12.5 Å². The summed E-state index contributed by atoms with van der Waals surface area (Å²) in [6, 6.07) is 0. The van der Waals surface area contributed by atoms with Crippen LogP contribution in [0, 0.1) is 0 Å². The maximum Gasteiger partial charge on any atom is 0.109 e. The SMILES string of the molecule is CCC[CH2][SnH]([CH2]CCC)[CH2]CCC.CCN(CC)C(C)OC(C)N(CC)CC. The van der Waals surface area contributed by atoms with Gasteiger partial charge in [-0.05, 0) is 40.0 Å².